The first kappa shape index (κ1) is 15.7. The van der Waals surface area contributed by atoms with Crippen molar-refractivity contribution in [3.8, 4) is 17.6 Å². The lowest BCUT2D eigenvalue weighted by molar-refractivity contribution is 0.0997. The zero-order chi connectivity index (χ0) is 16.1. The summed E-state index contributed by atoms with van der Waals surface area (Å²) in [5.41, 5.74) is -0.0694. The van der Waals surface area contributed by atoms with Crippen LogP contribution in [-0.4, -0.2) is 18.8 Å². The number of nitrogens with zero attached hydrogens (tertiary/aromatic N) is 1. The van der Waals surface area contributed by atoms with Crippen LogP contribution in [0.25, 0.3) is 0 Å². The molecule has 0 heterocycles. The average Bonchev–Trinajstić information content (AvgIpc) is 2.52. The van der Waals surface area contributed by atoms with Crippen LogP contribution < -0.4 is 9.47 Å². The van der Waals surface area contributed by atoms with Gasteiger partial charge in [0.1, 0.15) is 24.3 Å². The van der Waals surface area contributed by atoms with Crippen LogP contribution in [0.5, 0.6) is 11.5 Å². The number of hydrogen-bond donors (Lipinski definition) is 1. The highest BCUT2D eigenvalue weighted by Gasteiger charge is 2.19. The maximum Gasteiger partial charge on any atom is 0.162 e. The van der Waals surface area contributed by atoms with Crippen LogP contribution in [0.4, 0.5) is 8.78 Å². The first-order chi connectivity index (χ1) is 10.6. The molecular weight excluding hydrogens is 292 g/mol. The van der Waals surface area contributed by atoms with Crippen LogP contribution in [0.3, 0.4) is 0 Å². The van der Waals surface area contributed by atoms with Crippen LogP contribution in [0.2, 0.25) is 0 Å². The zero-order valence-electron chi connectivity index (χ0n) is 11.7. The van der Waals surface area contributed by atoms with E-state index in [1.54, 1.807) is 0 Å². The Hall–Kier alpha value is -2.65. The SMILES string of the molecule is COc1cc(C#N)ccc1OC[C@@H](O)c1c(F)cccc1F. The fourth-order valence-electron chi connectivity index (χ4n) is 1.94. The molecule has 22 heavy (non-hydrogen) atoms. The van der Waals surface area contributed by atoms with Gasteiger partial charge in [0.25, 0.3) is 0 Å². The van der Waals surface area contributed by atoms with Gasteiger partial charge in [-0.25, -0.2) is 8.78 Å². The summed E-state index contributed by atoms with van der Waals surface area (Å²) in [6, 6.07) is 9.74. The number of nitriles is 1. The summed E-state index contributed by atoms with van der Waals surface area (Å²) < 4.78 is 37.5. The van der Waals surface area contributed by atoms with Gasteiger partial charge < -0.3 is 14.6 Å². The van der Waals surface area contributed by atoms with Crippen LogP contribution in [0.15, 0.2) is 36.4 Å². The second-order valence-corrected chi connectivity index (χ2v) is 4.44. The number of aliphatic hydroxyl groups excluding tert-OH is 1. The maximum atomic E-state index is 13.6. The Morgan fingerprint density at radius 2 is 1.86 bits per heavy atom. The minimum absolute atomic E-state index is 0.261. The van der Waals surface area contributed by atoms with E-state index in [9.17, 15) is 13.9 Å². The molecule has 2 aromatic carbocycles. The monoisotopic (exact) mass is 305 g/mol. The topological polar surface area (TPSA) is 62.5 Å². The molecule has 0 aromatic heterocycles. The number of benzene rings is 2. The van der Waals surface area contributed by atoms with Crippen molar-refractivity contribution in [2.45, 2.75) is 6.10 Å². The van der Waals surface area contributed by atoms with E-state index in [-0.39, 0.29) is 12.4 Å². The predicted molar refractivity (Wildman–Crippen MR) is 74.5 cm³/mol. The lowest BCUT2D eigenvalue weighted by Crippen LogP contribution is -2.13. The normalized spacial score (nSPS) is 11.6. The third kappa shape index (κ3) is 3.32. The van der Waals surface area contributed by atoms with E-state index in [0.29, 0.717) is 11.3 Å². The average molecular weight is 305 g/mol. The Kier molecular flexibility index (Phi) is 4.92. The van der Waals surface area contributed by atoms with Crippen molar-refractivity contribution in [3.63, 3.8) is 0 Å². The standard InChI is InChI=1S/C16H13F2NO3/c1-21-15-7-10(8-19)5-6-14(15)22-9-13(20)16-11(17)3-2-4-12(16)18/h2-7,13,20H,9H2,1H3/t13-/m1/s1. The number of halogens is 2. The summed E-state index contributed by atoms with van der Waals surface area (Å²) in [4.78, 5) is 0. The van der Waals surface area contributed by atoms with Gasteiger partial charge in [-0.15, -0.1) is 0 Å². The fourth-order valence-corrected chi connectivity index (χ4v) is 1.94. The third-order valence-electron chi connectivity index (χ3n) is 3.02. The number of hydrogen-bond acceptors (Lipinski definition) is 4. The van der Waals surface area contributed by atoms with Crippen molar-refractivity contribution in [1.29, 1.82) is 5.26 Å². The van der Waals surface area contributed by atoms with Gasteiger partial charge in [-0.1, -0.05) is 6.07 Å². The molecule has 0 aliphatic heterocycles. The number of ether oxygens (including phenoxy) is 2. The molecule has 0 amide bonds. The Morgan fingerprint density at radius 1 is 1.18 bits per heavy atom. The molecule has 0 bridgehead atoms. The van der Waals surface area contributed by atoms with Gasteiger partial charge in [-0.2, -0.15) is 5.26 Å². The highest BCUT2D eigenvalue weighted by molar-refractivity contribution is 5.46. The summed E-state index contributed by atoms with van der Waals surface area (Å²) >= 11 is 0. The Bertz CT molecular complexity index is 693. The molecule has 114 valence electrons. The highest BCUT2D eigenvalue weighted by Crippen LogP contribution is 2.29. The first-order valence-corrected chi connectivity index (χ1v) is 6.39. The lowest BCUT2D eigenvalue weighted by atomic mass is 10.1. The van der Waals surface area contributed by atoms with Crippen LogP contribution in [0.1, 0.15) is 17.2 Å². The Balaban J connectivity index is 2.15. The third-order valence-corrected chi connectivity index (χ3v) is 3.02. The largest absolute Gasteiger partial charge is 0.493 e. The zero-order valence-corrected chi connectivity index (χ0v) is 11.7. The molecule has 0 aliphatic carbocycles. The minimum Gasteiger partial charge on any atom is -0.493 e. The van der Waals surface area contributed by atoms with Crippen LogP contribution in [-0.2, 0) is 0 Å². The van der Waals surface area contributed by atoms with E-state index in [2.05, 4.69) is 0 Å². The van der Waals surface area contributed by atoms with Crippen molar-refractivity contribution >= 4 is 0 Å². The van der Waals surface area contributed by atoms with E-state index in [1.807, 2.05) is 6.07 Å². The molecule has 1 atom stereocenters. The van der Waals surface area contributed by atoms with Gasteiger partial charge in [0, 0.05) is 6.07 Å². The van der Waals surface area contributed by atoms with Gasteiger partial charge in [-0.05, 0) is 24.3 Å². The molecular formula is C16H13F2NO3. The van der Waals surface area contributed by atoms with Gasteiger partial charge >= 0.3 is 0 Å². The summed E-state index contributed by atoms with van der Waals surface area (Å²) in [5.74, 6) is -1.14. The summed E-state index contributed by atoms with van der Waals surface area (Å²) in [6.45, 7) is -0.361. The van der Waals surface area contributed by atoms with Crippen molar-refractivity contribution in [2.24, 2.45) is 0 Å². The molecule has 2 aromatic rings. The van der Waals surface area contributed by atoms with Gasteiger partial charge in [-0.3, -0.25) is 0 Å². The molecule has 0 saturated heterocycles. The lowest BCUT2D eigenvalue weighted by Gasteiger charge is -2.15. The van der Waals surface area contributed by atoms with Crippen LogP contribution >= 0.6 is 0 Å². The van der Waals surface area contributed by atoms with Crippen molar-refractivity contribution < 1.29 is 23.4 Å². The molecule has 6 heteroatoms. The summed E-state index contributed by atoms with van der Waals surface area (Å²) in [7, 11) is 1.40. The maximum absolute atomic E-state index is 13.6. The Labute approximate surface area is 126 Å². The van der Waals surface area contributed by atoms with Gasteiger partial charge in [0.15, 0.2) is 11.5 Å². The molecule has 0 saturated carbocycles. The molecule has 0 radical (unpaired) electrons. The summed E-state index contributed by atoms with van der Waals surface area (Å²) in [5, 5.41) is 18.7. The van der Waals surface area contributed by atoms with Crippen molar-refractivity contribution in [3.05, 3.63) is 59.2 Å². The molecule has 0 fully saturated rings. The molecule has 2 rings (SSSR count). The Morgan fingerprint density at radius 3 is 2.45 bits per heavy atom. The van der Waals surface area contributed by atoms with E-state index in [4.69, 9.17) is 14.7 Å². The van der Waals surface area contributed by atoms with Crippen LogP contribution in [0, 0.1) is 23.0 Å². The molecule has 1 N–H and O–H groups in total. The molecule has 0 spiro atoms. The predicted octanol–water partition coefficient (Wildman–Crippen LogP) is 2.96. The van der Waals surface area contributed by atoms with Gasteiger partial charge in [0.2, 0.25) is 0 Å². The van der Waals surface area contributed by atoms with E-state index >= 15 is 0 Å². The number of methoxy groups -OCH3 is 1. The second kappa shape index (κ2) is 6.87. The first-order valence-electron chi connectivity index (χ1n) is 6.39. The van der Waals surface area contributed by atoms with E-state index in [0.717, 1.165) is 12.1 Å². The summed E-state index contributed by atoms with van der Waals surface area (Å²) in [6.07, 6.45) is -1.47. The molecule has 0 unspecified atom stereocenters. The van der Waals surface area contributed by atoms with Crippen molar-refractivity contribution in [1.82, 2.24) is 0 Å². The molecule has 0 aliphatic rings. The van der Waals surface area contributed by atoms with E-state index in [1.165, 1.54) is 31.4 Å². The van der Waals surface area contributed by atoms with E-state index < -0.39 is 23.3 Å². The highest BCUT2D eigenvalue weighted by atomic mass is 19.1. The quantitative estimate of drug-likeness (QED) is 0.922. The number of rotatable bonds is 5. The molecule has 4 nitrogen and oxygen atoms in total. The fraction of sp³-hybridized carbons (Fsp3) is 0.188. The minimum atomic E-state index is -1.47. The smallest absolute Gasteiger partial charge is 0.162 e. The number of aliphatic hydroxyl groups is 1. The second-order valence-electron chi connectivity index (χ2n) is 4.44. The van der Waals surface area contributed by atoms with Crippen molar-refractivity contribution in [2.75, 3.05) is 13.7 Å². The van der Waals surface area contributed by atoms with Gasteiger partial charge in [0.05, 0.1) is 24.3 Å².